The Kier molecular flexibility index (Phi) is 3.80. The summed E-state index contributed by atoms with van der Waals surface area (Å²) in [7, 11) is 3.34. The molecule has 136 valence electrons. The van der Waals surface area contributed by atoms with Crippen LogP contribution in [0.2, 0.25) is 0 Å². The lowest BCUT2D eigenvalue weighted by Crippen LogP contribution is -2.17. The van der Waals surface area contributed by atoms with E-state index in [9.17, 15) is 18.4 Å². The van der Waals surface area contributed by atoms with Crippen LogP contribution in [0.5, 0.6) is 0 Å². The van der Waals surface area contributed by atoms with E-state index in [1.165, 1.54) is 10.6 Å². The van der Waals surface area contributed by atoms with Crippen molar-refractivity contribution in [3.63, 3.8) is 0 Å². The minimum absolute atomic E-state index is 0.135. The van der Waals surface area contributed by atoms with Crippen molar-refractivity contribution in [1.82, 2.24) is 9.13 Å². The van der Waals surface area contributed by atoms with Crippen molar-refractivity contribution in [3.05, 3.63) is 76.2 Å². The summed E-state index contributed by atoms with van der Waals surface area (Å²) < 4.78 is 30.0. The molecule has 1 N–H and O–H groups in total. The SMILES string of the molecule is Cn1c(C(=O)Nc2ccc(F)cc2F)cc2c(=O)n(C)c3ccccc3c21. The normalized spacial score (nSPS) is 11.3. The van der Waals surface area contributed by atoms with Gasteiger partial charge in [-0.1, -0.05) is 18.2 Å². The molecular formula is C20H15F2N3O2. The van der Waals surface area contributed by atoms with Crippen molar-refractivity contribution >= 4 is 33.4 Å². The van der Waals surface area contributed by atoms with Crippen LogP contribution in [0.4, 0.5) is 14.5 Å². The fraction of sp³-hybridized carbons (Fsp3) is 0.100. The third-order valence-electron chi connectivity index (χ3n) is 4.70. The maximum atomic E-state index is 13.8. The van der Waals surface area contributed by atoms with Gasteiger partial charge in [-0.15, -0.1) is 0 Å². The molecule has 0 bridgehead atoms. The van der Waals surface area contributed by atoms with E-state index in [4.69, 9.17) is 0 Å². The van der Waals surface area contributed by atoms with Crippen molar-refractivity contribution < 1.29 is 13.6 Å². The number of nitrogens with one attached hydrogen (secondary N) is 1. The van der Waals surface area contributed by atoms with E-state index in [1.807, 2.05) is 24.3 Å². The van der Waals surface area contributed by atoms with Gasteiger partial charge in [-0.3, -0.25) is 9.59 Å². The molecule has 2 aromatic heterocycles. The summed E-state index contributed by atoms with van der Waals surface area (Å²) in [5.41, 5.74) is 1.20. The predicted molar refractivity (Wildman–Crippen MR) is 100.0 cm³/mol. The molecule has 7 heteroatoms. The highest BCUT2D eigenvalue weighted by molar-refractivity contribution is 6.11. The molecule has 0 aliphatic carbocycles. The number of hydrogen-bond acceptors (Lipinski definition) is 2. The average molecular weight is 367 g/mol. The number of fused-ring (bicyclic) bond motifs is 3. The number of amides is 1. The molecule has 1 amide bonds. The second-order valence-corrected chi connectivity index (χ2v) is 6.31. The topological polar surface area (TPSA) is 56.0 Å². The lowest BCUT2D eigenvalue weighted by Gasteiger charge is -2.09. The Morgan fingerprint density at radius 3 is 2.44 bits per heavy atom. The van der Waals surface area contributed by atoms with Crippen molar-refractivity contribution in [2.45, 2.75) is 0 Å². The van der Waals surface area contributed by atoms with Gasteiger partial charge in [0, 0.05) is 25.5 Å². The van der Waals surface area contributed by atoms with Crippen LogP contribution in [-0.4, -0.2) is 15.0 Å². The highest BCUT2D eigenvalue weighted by atomic mass is 19.1. The number of hydrogen-bond donors (Lipinski definition) is 1. The third kappa shape index (κ3) is 2.59. The fourth-order valence-electron chi connectivity index (χ4n) is 3.34. The molecule has 5 nitrogen and oxygen atoms in total. The highest BCUT2D eigenvalue weighted by Crippen LogP contribution is 2.25. The number of pyridine rings is 1. The number of aryl methyl sites for hydroxylation is 2. The number of rotatable bonds is 2. The molecule has 4 aromatic rings. The molecule has 0 unspecified atom stereocenters. The van der Waals surface area contributed by atoms with Gasteiger partial charge in [0.05, 0.1) is 22.1 Å². The lowest BCUT2D eigenvalue weighted by molar-refractivity contribution is 0.101. The quantitative estimate of drug-likeness (QED) is 0.589. The molecule has 0 fully saturated rings. The number of anilines is 1. The van der Waals surface area contributed by atoms with Crippen molar-refractivity contribution in [2.24, 2.45) is 14.1 Å². The van der Waals surface area contributed by atoms with E-state index in [-0.39, 0.29) is 16.9 Å². The summed E-state index contributed by atoms with van der Waals surface area (Å²) in [6.07, 6.45) is 0. The first kappa shape index (κ1) is 17.0. The molecule has 0 saturated carbocycles. The van der Waals surface area contributed by atoms with Crippen LogP contribution in [0.3, 0.4) is 0 Å². The zero-order valence-corrected chi connectivity index (χ0v) is 14.6. The van der Waals surface area contributed by atoms with E-state index in [0.717, 1.165) is 23.0 Å². The Labute approximate surface area is 152 Å². The van der Waals surface area contributed by atoms with Crippen molar-refractivity contribution in [2.75, 3.05) is 5.32 Å². The fourth-order valence-corrected chi connectivity index (χ4v) is 3.34. The molecule has 0 saturated heterocycles. The Balaban J connectivity index is 1.89. The smallest absolute Gasteiger partial charge is 0.272 e. The maximum absolute atomic E-state index is 13.8. The zero-order valence-electron chi connectivity index (χ0n) is 14.6. The second-order valence-electron chi connectivity index (χ2n) is 6.31. The number of carbonyl (C=O) groups excluding carboxylic acids is 1. The van der Waals surface area contributed by atoms with Gasteiger partial charge in [-0.05, 0) is 24.3 Å². The van der Waals surface area contributed by atoms with E-state index < -0.39 is 17.5 Å². The van der Waals surface area contributed by atoms with Gasteiger partial charge in [0.25, 0.3) is 11.5 Å². The zero-order chi connectivity index (χ0) is 19.3. The molecule has 0 atom stereocenters. The summed E-state index contributed by atoms with van der Waals surface area (Å²) in [5, 5.41) is 3.64. The molecule has 27 heavy (non-hydrogen) atoms. The summed E-state index contributed by atoms with van der Waals surface area (Å²) in [6.45, 7) is 0. The van der Waals surface area contributed by atoms with E-state index in [1.54, 1.807) is 18.7 Å². The van der Waals surface area contributed by atoms with Crippen LogP contribution in [0, 0.1) is 11.6 Å². The number of para-hydroxylation sites is 1. The van der Waals surface area contributed by atoms with E-state index >= 15 is 0 Å². The van der Waals surface area contributed by atoms with Gasteiger partial charge in [0.1, 0.15) is 17.3 Å². The van der Waals surface area contributed by atoms with Crippen molar-refractivity contribution in [1.29, 1.82) is 0 Å². The van der Waals surface area contributed by atoms with Crippen molar-refractivity contribution in [3.8, 4) is 0 Å². The molecule has 0 radical (unpaired) electrons. The van der Waals surface area contributed by atoms with Crippen LogP contribution >= 0.6 is 0 Å². The maximum Gasteiger partial charge on any atom is 0.272 e. The van der Waals surface area contributed by atoms with Gasteiger partial charge < -0.3 is 14.5 Å². The second kappa shape index (κ2) is 6.05. The van der Waals surface area contributed by atoms with Crippen LogP contribution in [0.15, 0.2) is 53.3 Å². The first-order valence-electron chi connectivity index (χ1n) is 8.22. The minimum Gasteiger partial charge on any atom is -0.339 e. The number of nitrogens with zero attached hydrogens (tertiary/aromatic N) is 2. The molecule has 0 aliphatic heterocycles. The largest absolute Gasteiger partial charge is 0.339 e. The summed E-state index contributed by atoms with van der Waals surface area (Å²) in [4.78, 5) is 25.4. The molecule has 2 heterocycles. The minimum atomic E-state index is -0.872. The first-order valence-corrected chi connectivity index (χ1v) is 8.22. The Morgan fingerprint density at radius 2 is 1.70 bits per heavy atom. The third-order valence-corrected chi connectivity index (χ3v) is 4.70. The standard InChI is InChI=1S/C20H15F2N3O2/c1-24-17(19(26)23-15-8-7-11(21)9-14(15)22)10-13-18(24)12-5-3-4-6-16(12)25(2)20(13)27/h3-10H,1-2H3,(H,23,26). The Hall–Kier alpha value is -3.48. The van der Waals surface area contributed by atoms with E-state index in [0.29, 0.717) is 17.0 Å². The van der Waals surface area contributed by atoms with Gasteiger partial charge in [-0.2, -0.15) is 0 Å². The lowest BCUT2D eigenvalue weighted by atomic mass is 10.1. The van der Waals surface area contributed by atoms with Gasteiger partial charge in [0.15, 0.2) is 0 Å². The number of carbonyl (C=O) groups is 1. The predicted octanol–water partition coefficient (Wildman–Crippen LogP) is 3.56. The molecule has 4 rings (SSSR count). The van der Waals surface area contributed by atoms with Crippen LogP contribution in [0.1, 0.15) is 10.5 Å². The summed E-state index contributed by atoms with van der Waals surface area (Å²) >= 11 is 0. The molecule has 0 spiro atoms. The van der Waals surface area contributed by atoms with Gasteiger partial charge >= 0.3 is 0 Å². The number of halogens is 2. The highest BCUT2D eigenvalue weighted by Gasteiger charge is 2.19. The Bertz CT molecular complexity index is 1290. The van der Waals surface area contributed by atoms with Gasteiger partial charge in [0.2, 0.25) is 0 Å². The van der Waals surface area contributed by atoms with Crippen LogP contribution < -0.4 is 10.9 Å². The van der Waals surface area contributed by atoms with Crippen LogP contribution in [-0.2, 0) is 14.1 Å². The first-order chi connectivity index (χ1) is 12.9. The summed E-state index contributed by atoms with van der Waals surface area (Å²) in [5.74, 6) is -2.20. The van der Waals surface area contributed by atoms with Crippen LogP contribution in [0.25, 0.3) is 21.8 Å². The molecule has 2 aromatic carbocycles. The summed E-state index contributed by atoms with van der Waals surface area (Å²) in [6, 6.07) is 11.8. The number of aromatic nitrogens is 2. The van der Waals surface area contributed by atoms with Gasteiger partial charge in [-0.25, -0.2) is 8.78 Å². The average Bonchev–Trinajstić information content (AvgIpc) is 3.00. The number of benzene rings is 2. The monoisotopic (exact) mass is 367 g/mol. The Morgan fingerprint density at radius 1 is 0.963 bits per heavy atom. The van der Waals surface area contributed by atoms with E-state index in [2.05, 4.69) is 5.32 Å². The molecule has 0 aliphatic rings. The molecular weight excluding hydrogens is 352 g/mol.